The molecule has 0 fully saturated rings. The van der Waals surface area contributed by atoms with Gasteiger partial charge in [-0.25, -0.2) is 0 Å². The third-order valence-electron chi connectivity index (χ3n) is 1.50. The first kappa shape index (κ1) is 8.50. The maximum absolute atomic E-state index is 4.94. The van der Waals surface area contributed by atoms with Gasteiger partial charge in [0.25, 0.3) is 0 Å². The zero-order valence-electron chi connectivity index (χ0n) is 6.64. The Morgan fingerprint density at radius 2 is 2.00 bits per heavy atom. The van der Waals surface area contributed by atoms with Crippen LogP contribution in [0.2, 0.25) is 0 Å². The molecule has 1 unspecified atom stereocenters. The Morgan fingerprint density at radius 1 is 1.56 bits per heavy atom. The lowest BCUT2D eigenvalue weighted by Gasteiger charge is -2.20. The summed E-state index contributed by atoms with van der Waals surface area (Å²) in [7, 11) is 5.63. The Balaban J connectivity index is 3.72. The van der Waals surface area contributed by atoms with Crippen molar-refractivity contribution in [2.45, 2.75) is 13.0 Å². The quantitative estimate of drug-likeness (QED) is 0.529. The van der Waals surface area contributed by atoms with Gasteiger partial charge in [-0.1, -0.05) is 6.58 Å². The van der Waals surface area contributed by atoms with E-state index in [2.05, 4.69) is 6.58 Å². The standard InChI is InChI=1S/C7H15NO/c1-6(8(3)4)7(2)9-5/h6H,2H2,1,3-5H3. The highest BCUT2D eigenvalue weighted by atomic mass is 16.5. The molecule has 2 heteroatoms. The van der Waals surface area contributed by atoms with Crippen LogP contribution in [-0.4, -0.2) is 32.1 Å². The number of nitrogens with zero attached hydrogens (tertiary/aromatic N) is 1. The van der Waals surface area contributed by atoms with E-state index in [1.54, 1.807) is 7.11 Å². The number of ether oxygens (including phenoxy) is 1. The second kappa shape index (κ2) is 3.51. The minimum atomic E-state index is 0.301. The molecule has 0 saturated carbocycles. The fourth-order valence-corrected chi connectivity index (χ4v) is 0.459. The second-order valence-electron chi connectivity index (χ2n) is 2.31. The van der Waals surface area contributed by atoms with Crippen molar-refractivity contribution in [3.05, 3.63) is 12.3 Å². The van der Waals surface area contributed by atoms with Gasteiger partial charge in [-0.05, 0) is 21.0 Å². The minimum absolute atomic E-state index is 0.301. The van der Waals surface area contributed by atoms with E-state index in [9.17, 15) is 0 Å². The average molecular weight is 129 g/mol. The van der Waals surface area contributed by atoms with Crippen molar-refractivity contribution in [1.29, 1.82) is 0 Å². The maximum Gasteiger partial charge on any atom is 0.105 e. The molecule has 0 aromatic heterocycles. The summed E-state index contributed by atoms with van der Waals surface area (Å²) in [6, 6.07) is 0.301. The summed E-state index contributed by atoms with van der Waals surface area (Å²) in [6.07, 6.45) is 0. The highest BCUT2D eigenvalue weighted by Gasteiger charge is 2.07. The van der Waals surface area contributed by atoms with Gasteiger partial charge < -0.3 is 4.74 Å². The zero-order chi connectivity index (χ0) is 7.44. The van der Waals surface area contributed by atoms with Crippen LogP contribution in [0.3, 0.4) is 0 Å². The van der Waals surface area contributed by atoms with Gasteiger partial charge in [0, 0.05) is 0 Å². The molecule has 0 aliphatic rings. The first-order chi connectivity index (χ1) is 4.09. The highest BCUT2D eigenvalue weighted by Crippen LogP contribution is 2.03. The second-order valence-corrected chi connectivity index (χ2v) is 2.31. The molecule has 0 rings (SSSR count). The smallest absolute Gasteiger partial charge is 0.105 e. The molecule has 0 N–H and O–H groups in total. The molecule has 0 aromatic carbocycles. The largest absolute Gasteiger partial charge is 0.500 e. The molecule has 0 radical (unpaired) electrons. The normalized spacial score (nSPS) is 13.4. The Hall–Kier alpha value is -0.500. The predicted octanol–water partition coefficient (Wildman–Crippen LogP) is 1.10. The van der Waals surface area contributed by atoms with Crippen molar-refractivity contribution < 1.29 is 4.74 Å². The Kier molecular flexibility index (Phi) is 3.32. The van der Waals surface area contributed by atoms with Gasteiger partial charge in [0.2, 0.25) is 0 Å². The fraction of sp³-hybridized carbons (Fsp3) is 0.714. The van der Waals surface area contributed by atoms with Crippen LogP contribution in [0.1, 0.15) is 6.92 Å². The van der Waals surface area contributed by atoms with E-state index in [0.717, 1.165) is 5.76 Å². The molecule has 1 atom stereocenters. The molecule has 0 amide bonds. The molecule has 0 aliphatic carbocycles. The molecule has 0 heterocycles. The molecule has 9 heavy (non-hydrogen) atoms. The van der Waals surface area contributed by atoms with Gasteiger partial charge in [0.15, 0.2) is 0 Å². The molecule has 0 aliphatic heterocycles. The summed E-state index contributed by atoms with van der Waals surface area (Å²) in [5, 5.41) is 0. The van der Waals surface area contributed by atoms with Crippen LogP contribution in [0.4, 0.5) is 0 Å². The summed E-state index contributed by atoms with van der Waals surface area (Å²) in [6.45, 7) is 5.78. The molecule has 0 spiro atoms. The van der Waals surface area contributed by atoms with E-state index in [1.165, 1.54) is 0 Å². The third kappa shape index (κ3) is 2.51. The third-order valence-corrected chi connectivity index (χ3v) is 1.50. The van der Waals surface area contributed by atoms with Crippen molar-refractivity contribution in [2.75, 3.05) is 21.2 Å². The van der Waals surface area contributed by atoms with Gasteiger partial charge in [-0.3, -0.25) is 4.90 Å². The van der Waals surface area contributed by atoms with Crippen LogP contribution >= 0.6 is 0 Å². The summed E-state index contributed by atoms with van der Waals surface area (Å²) in [4.78, 5) is 2.05. The van der Waals surface area contributed by atoms with Crippen LogP contribution in [0.5, 0.6) is 0 Å². The summed E-state index contributed by atoms with van der Waals surface area (Å²) in [5.41, 5.74) is 0. The van der Waals surface area contributed by atoms with Crippen molar-refractivity contribution in [3.63, 3.8) is 0 Å². The van der Waals surface area contributed by atoms with E-state index < -0.39 is 0 Å². The summed E-state index contributed by atoms with van der Waals surface area (Å²) >= 11 is 0. The van der Waals surface area contributed by atoms with Gasteiger partial charge in [0.05, 0.1) is 13.2 Å². The number of likely N-dealkylation sites (N-methyl/N-ethyl adjacent to an activating group) is 1. The lowest BCUT2D eigenvalue weighted by molar-refractivity contribution is 0.207. The van der Waals surface area contributed by atoms with E-state index >= 15 is 0 Å². The molecule has 54 valence electrons. The van der Waals surface area contributed by atoms with Gasteiger partial charge in [-0.15, -0.1) is 0 Å². The van der Waals surface area contributed by atoms with Crippen LogP contribution in [0.25, 0.3) is 0 Å². The summed E-state index contributed by atoms with van der Waals surface area (Å²) in [5.74, 6) is 0.806. The lowest BCUT2D eigenvalue weighted by atomic mass is 10.3. The molecule has 0 aromatic rings. The summed E-state index contributed by atoms with van der Waals surface area (Å²) < 4.78 is 4.94. The fourth-order valence-electron chi connectivity index (χ4n) is 0.459. The van der Waals surface area contributed by atoms with Crippen molar-refractivity contribution >= 4 is 0 Å². The number of hydrogen-bond acceptors (Lipinski definition) is 2. The zero-order valence-corrected chi connectivity index (χ0v) is 6.64. The van der Waals surface area contributed by atoms with E-state index in [1.807, 2.05) is 25.9 Å². The average Bonchev–Trinajstić information content (AvgIpc) is 1.84. The number of methoxy groups -OCH3 is 1. The predicted molar refractivity (Wildman–Crippen MR) is 39.3 cm³/mol. The Bertz CT molecular complexity index is 99.1. The van der Waals surface area contributed by atoms with Crippen LogP contribution in [-0.2, 0) is 4.74 Å². The van der Waals surface area contributed by atoms with Crippen molar-refractivity contribution in [1.82, 2.24) is 4.90 Å². The monoisotopic (exact) mass is 129 g/mol. The van der Waals surface area contributed by atoms with Crippen LogP contribution < -0.4 is 0 Å². The SMILES string of the molecule is C=C(OC)C(C)N(C)C. The van der Waals surface area contributed by atoms with Gasteiger partial charge in [-0.2, -0.15) is 0 Å². The Labute approximate surface area is 57.1 Å². The van der Waals surface area contributed by atoms with E-state index in [0.29, 0.717) is 6.04 Å². The molecule has 2 nitrogen and oxygen atoms in total. The van der Waals surface area contributed by atoms with Crippen molar-refractivity contribution in [3.8, 4) is 0 Å². The number of rotatable bonds is 3. The number of hydrogen-bond donors (Lipinski definition) is 0. The van der Waals surface area contributed by atoms with E-state index in [4.69, 9.17) is 4.74 Å². The first-order valence-corrected chi connectivity index (χ1v) is 2.98. The molecule has 0 saturated heterocycles. The lowest BCUT2D eigenvalue weighted by Crippen LogP contribution is -2.26. The molecule has 0 bridgehead atoms. The first-order valence-electron chi connectivity index (χ1n) is 2.98. The van der Waals surface area contributed by atoms with Crippen LogP contribution in [0.15, 0.2) is 12.3 Å². The van der Waals surface area contributed by atoms with Crippen molar-refractivity contribution in [2.24, 2.45) is 0 Å². The molecular weight excluding hydrogens is 114 g/mol. The van der Waals surface area contributed by atoms with E-state index in [-0.39, 0.29) is 0 Å². The minimum Gasteiger partial charge on any atom is -0.500 e. The van der Waals surface area contributed by atoms with Crippen LogP contribution in [0, 0.1) is 0 Å². The van der Waals surface area contributed by atoms with Gasteiger partial charge in [0.1, 0.15) is 5.76 Å². The van der Waals surface area contributed by atoms with Gasteiger partial charge >= 0.3 is 0 Å². The topological polar surface area (TPSA) is 12.5 Å². The Morgan fingerprint density at radius 3 is 2.11 bits per heavy atom. The molecular formula is C7H15NO. The maximum atomic E-state index is 4.94. The highest BCUT2D eigenvalue weighted by molar-refractivity contribution is 4.93.